The first-order chi connectivity index (χ1) is 17.0. The molecule has 2 aliphatic rings. The van der Waals surface area contributed by atoms with Crippen molar-refractivity contribution in [1.82, 2.24) is 23.6 Å². The van der Waals surface area contributed by atoms with Gasteiger partial charge in [0.05, 0.1) is 12.6 Å². The van der Waals surface area contributed by atoms with Gasteiger partial charge in [-0.3, -0.25) is 14.8 Å². The van der Waals surface area contributed by atoms with E-state index in [1.54, 1.807) is 43.5 Å². The molecule has 35 heavy (non-hydrogen) atoms. The number of nitrogens with one attached hydrogen (secondary N) is 1. The highest BCUT2D eigenvalue weighted by Gasteiger charge is 2.25. The molecule has 2 aromatic heterocycles. The van der Waals surface area contributed by atoms with Crippen molar-refractivity contribution in [2.75, 3.05) is 32.1 Å². The number of pyridine rings is 2. The minimum atomic E-state index is -0.411. The Morgan fingerprint density at radius 3 is 2.63 bits per heavy atom. The van der Waals surface area contributed by atoms with E-state index in [0.717, 1.165) is 44.4 Å². The lowest BCUT2D eigenvalue weighted by atomic mass is 10.1. The maximum absolute atomic E-state index is 12.8. The van der Waals surface area contributed by atoms with Gasteiger partial charge in [0.1, 0.15) is 17.2 Å². The van der Waals surface area contributed by atoms with Gasteiger partial charge in [-0.1, -0.05) is 6.07 Å². The van der Waals surface area contributed by atoms with Crippen molar-refractivity contribution in [3.63, 3.8) is 0 Å². The van der Waals surface area contributed by atoms with Gasteiger partial charge in [0.15, 0.2) is 5.84 Å². The Morgan fingerprint density at radius 2 is 1.94 bits per heavy atom. The number of rotatable bonds is 7. The van der Waals surface area contributed by atoms with E-state index in [9.17, 15) is 9.90 Å². The third-order valence-electron chi connectivity index (χ3n) is 5.63. The fourth-order valence-corrected chi connectivity index (χ4v) is 4.88. The Hall–Kier alpha value is -2.81. The number of fused-ring (bicyclic) bond motifs is 1. The molecule has 0 bridgehead atoms. The monoisotopic (exact) mass is 503 g/mol. The number of hydrazone groups is 1. The number of aliphatic hydroxyl groups excluding tert-OH is 2. The molecule has 0 radical (unpaired) electrons. The molecule has 0 aromatic carbocycles. The number of aromatic nitrogens is 2. The normalized spacial score (nSPS) is 16.9. The summed E-state index contributed by atoms with van der Waals surface area (Å²) in [4.78, 5) is 21.6. The van der Waals surface area contributed by atoms with E-state index in [0.29, 0.717) is 17.2 Å². The van der Waals surface area contributed by atoms with Crippen LogP contribution in [0, 0.1) is 0 Å². The number of carbonyl (C=O) groups excluding carboxylic acids is 1. The van der Waals surface area contributed by atoms with Crippen molar-refractivity contribution in [1.29, 1.82) is 0 Å². The number of hydrazine groups is 1. The van der Waals surface area contributed by atoms with Gasteiger partial charge < -0.3 is 21.4 Å². The predicted octanol–water partition coefficient (Wildman–Crippen LogP) is 0.489. The number of nitrogens with two attached hydrogens (primary N) is 2. The van der Waals surface area contributed by atoms with Crippen LogP contribution >= 0.6 is 12.1 Å². The van der Waals surface area contributed by atoms with Crippen LogP contribution in [0.25, 0.3) is 0 Å². The largest absolute Gasteiger partial charge is 0.400 e. The van der Waals surface area contributed by atoms with E-state index in [1.807, 2.05) is 6.07 Å². The van der Waals surface area contributed by atoms with Crippen molar-refractivity contribution < 1.29 is 15.0 Å². The first kappa shape index (κ1) is 26.8. The standard InChI is InChI=1S/C21H29N9O2S.CH4O/c1-14(13-31)30(23)20(27-22)17-5-4-6-19(25-17)26-21(32)18-9-15-11-29(12-16(15)10-24-18)33-28-7-2-3-8-28;1-2/h4-6,9-10,14,31H,2-3,7-8,11-13,22-23H2,1H3,(H,25,26,32);2H,1H3/b27-20-;. The SMILES string of the molecule is CC(CO)N(N)/C(=N\N)c1cccc(NC(=O)c2cc3c(cn2)CN(SN2CCCC2)C3)n1.CO. The lowest BCUT2D eigenvalue weighted by Gasteiger charge is -2.25. The van der Waals surface area contributed by atoms with Crippen LogP contribution in [-0.2, 0) is 13.1 Å². The number of hydrogen-bond acceptors (Lipinski definition) is 11. The minimum Gasteiger partial charge on any atom is -0.400 e. The van der Waals surface area contributed by atoms with Crippen molar-refractivity contribution in [2.24, 2.45) is 16.8 Å². The molecule has 4 rings (SSSR count). The van der Waals surface area contributed by atoms with Crippen LogP contribution in [-0.4, -0.2) is 78.4 Å². The summed E-state index contributed by atoms with van der Waals surface area (Å²) >= 11 is 1.78. The van der Waals surface area contributed by atoms with Crippen molar-refractivity contribution in [3.8, 4) is 0 Å². The van der Waals surface area contributed by atoms with Gasteiger partial charge in [0, 0.05) is 51.6 Å². The van der Waals surface area contributed by atoms with Crippen molar-refractivity contribution in [3.05, 3.63) is 53.0 Å². The Balaban J connectivity index is 0.00000167. The Kier molecular flexibility index (Phi) is 9.77. The molecular formula is C22H33N9O3S. The summed E-state index contributed by atoms with van der Waals surface area (Å²) in [5, 5.41) is 24.1. The molecule has 12 nitrogen and oxygen atoms in total. The molecule has 1 unspecified atom stereocenters. The predicted molar refractivity (Wildman–Crippen MR) is 136 cm³/mol. The van der Waals surface area contributed by atoms with Gasteiger partial charge in [-0.25, -0.2) is 19.4 Å². The van der Waals surface area contributed by atoms with E-state index >= 15 is 0 Å². The summed E-state index contributed by atoms with van der Waals surface area (Å²) in [7, 11) is 1.00. The lowest BCUT2D eigenvalue weighted by Crippen LogP contribution is -2.47. The second-order valence-electron chi connectivity index (χ2n) is 8.11. The van der Waals surface area contributed by atoms with Gasteiger partial charge in [0.2, 0.25) is 0 Å². The highest BCUT2D eigenvalue weighted by molar-refractivity contribution is 7.94. The summed E-state index contributed by atoms with van der Waals surface area (Å²) in [5.41, 5.74) is 2.95. The average Bonchev–Trinajstić information content (AvgIpc) is 3.54. The molecule has 4 heterocycles. The van der Waals surface area contributed by atoms with Crippen LogP contribution in [0.15, 0.2) is 35.6 Å². The zero-order chi connectivity index (χ0) is 25.4. The third-order valence-corrected chi connectivity index (χ3v) is 6.72. The molecule has 2 aromatic rings. The molecular weight excluding hydrogens is 470 g/mol. The highest BCUT2D eigenvalue weighted by Crippen LogP contribution is 2.31. The minimum absolute atomic E-state index is 0.177. The number of carbonyl (C=O) groups is 1. The Bertz CT molecular complexity index is 1030. The van der Waals surface area contributed by atoms with Gasteiger partial charge >= 0.3 is 0 Å². The van der Waals surface area contributed by atoms with E-state index in [2.05, 4.69) is 29.0 Å². The summed E-state index contributed by atoms with van der Waals surface area (Å²) in [5.74, 6) is 11.6. The summed E-state index contributed by atoms with van der Waals surface area (Å²) in [6, 6.07) is 6.48. The molecule has 1 saturated heterocycles. The first-order valence-corrected chi connectivity index (χ1v) is 12.0. The lowest BCUT2D eigenvalue weighted by molar-refractivity contribution is 0.102. The number of amides is 1. The first-order valence-electron chi connectivity index (χ1n) is 11.3. The van der Waals surface area contributed by atoms with Crippen LogP contribution in [0.3, 0.4) is 0 Å². The molecule has 0 saturated carbocycles. The number of anilines is 1. The van der Waals surface area contributed by atoms with Crippen molar-refractivity contribution >= 4 is 29.7 Å². The Labute approximate surface area is 209 Å². The molecule has 1 atom stereocenters. The molecule has 13 heteroatoms. The molecule has 0 aliphatic carbocycles. The molecule has 1 amide bonds. The zero-order valence-electron chi connectivity index (χ0n) is 20.0. The fourth-order valence-electron chi connectivity index (χ4n) is 3.74. The number of nitrogens with zero attached hydrogens (tertiary/aromatic N) is 6. The summed E-state index contributed by atoms with van der Waals surface area (Å²) < 4.78 is 4.68. The van der Waals surface area contributed by atoms with Gasteiger partial charge in [-0.05, 0) is 49.1 Å². The van der Waals surface area contributed by atoms with Gasteiger partial charge in [0.25, 0.3) is 5.91 Å². The van der Waals surface area contributed by atoms with Crippen LogP contribution in [0.1, 0.15) is 47.1 Å². The van der Waals surface area contributed by atoms with Gasteiger partial charge in [-0.2, -0.15) is 5.10 Å². The van der Waals surface area contributed by atoms with Crippen LogP contribution in [0.5, 0.6) is 0 Å². The summed E-state index contributed by atoms with van der Waals surface area (Å²) in [6.45, 7) is 5.38. The Morgan fingerprint density at radius 1 is 1.23 bits per heavy atom. The zero-order valence-corrected chi connectivity index (χ0v) is 20.8. The number of hydrogen-bond donors (Lipinski definition) is 5. The number of amidine groups is 1. The van der Waals surface area contributed by atoms with E-state index in [4.69, 9.17) is 16.8 Å². The van der Waals surface area contributed by atoms with Crippen LogP contribution in [0.2, 0.25) is 0 Å². The van der Waals surface area contributed by atoms with Crippen LogP contribution in [0.4, 0.5) is 5.82 Å². The van der Waals surface area contributed by atoms with Crippen molar-refractivity contribution in [2.45, 2.75) is 38.9 Å². The quantitative estimate of drug-likeness (QED) is 0.117. The maximum atomic E-state index is 12.8. The van der Waals surface area contributed by atoms with E-state index < -0.39 is 6.04 Å². The molecule has 190 valence electrons. The fraction of sp³-hybridized carbons (Fsp3) is 0.455. The number of aliphatic hydroxyl groups is 2. The maximum Gasteiger partial charge on any atom is 0.275 e. The smallest absolute Gasteiger partial charge is 0.275 e. The second-order valence-corrected chi connectivity index (χ2v) is 9.30. The second kappa shape index (κ2) is 12.8. The van der Waals surface area contributed by atoms with Crippen LogP contribution < -0.4 is 17.0 Å². The highest BCUT2D eigenvalue weighted by atomic mass is 32.2. The molecule has 1 fully saturated rings. The molecule has 7 N–H and O–H groups in total. The third kappa shape index (κ3) is 6.66. The van der Waals surface area contributed by atoms with E-state index in [1.165, 1.54) is 17.9 Å². The van der Waals surface area contributed by atoms with E-state index in [-0.39, 0.29) is 18.3 Å². The molecule has 0 spiro atoms. The average molecular weight is 504 g/mol. The topological polar surface area (TPSA) is 169 Å². The molecule has 2 aliphatic heterocycles. The summed E-state index contributed by atoms with van der Waals surface area (Å²) in [6.07, 6.45) is 4.27. The van der Waals surface area contributed by atoms with Gasteiger partial charge in [-0.15, -0.1) is 0 Å².